The Bertz CT molecular complexity index is 592. The lowest BCUT2D eigenvalue weighted by molar-refractivity contribution is 0.252. The molecule has 0 aromatic heterocycles. The minimum absolute atomic E-state index is 0.387. The van der Waals surface area contributed by atoms with Gasteiger partial charge in [0, 0.05) is 24.6 Å². The van der Waals surface area contributed by atoms with Crippen LogP contribution >= 0.6 is 0 Å². The van der Waals surface area contributed by atoms with Crippen molar-refractivity contribution in [2.75, 3.05) is 6.61 Å². The Morgan fingerprint density at radius 2 is 1.85 bits per heavy atom. The molecule has 1 aliphatic rings. The number of nitrogens with one attached hydrogen (secondary N) is 1. The van der Waals surface area contributed by atoms with Crippen LogP contribution in [0.1, 0.15) is 34.7 Å². The molecule has 104 valence electrons. The monoisotopic (exact) mass is 267 g/mol. The molecule has 1 N–H and O–H groups in total. The number of rotatable bonds is 3. The van der Waals surface area contributed by atoms with Crippen LogP contribution in [0, 0.1) is 13.8 Å². The Morgan fingerprint density at radius 1 is 1.10 bits per heavy atom. The van der Waals surface area contributed by atoms with E-state index >= 15 is 0 Å². The number of hydrogen-bond acceptors (Lipinski definition) is 2. The highest BCUT2D eigenvalue weighted by Gasteiger charge is 2.21. The van der Waals surface area contributed by atoms with Gasteiger partial charge < -0.3 is 10.1 Å². The molecule has 2 aromatic rings. The third kappa shape index (κ3) is 2.70. The molecule has 0 fully saturated rings. The molecule has 0 amide bonds. The van der Waals surface area contributed by atoms with E-state index < -0.39 is 0 Å². The molecule has 1 aliphatic heterocycles. The van der Waals surface area contributed by atoms with E-state index in [1.54, 1.807) is 0 Å². The van der Waals surface area contributed by atoms with Gasteiger partial charge in [-0.25, -0.2) is 0 Å². The zero-order valence-electron chi connectivity index (χ0n) is 12.1. The highest BCUT2D eigenvalue weighted by molar-refractivity contribution is 5.44. The van der Waals surface area contributed by atoms with E-state index in [4.69, 9.17) is 4.74 Å². The van der Waals surface area contributed by atoms with Crippen LogP contribution in [0.5, 0.6) is 5.75 Å². The van der Waals surface area contributed by atoms with E-state index in [1.807, 2.05) is 0 Å². The van der Waals surface area contributed by atoms with E-state index in [9.17, 15) is 0 Å². The van der Waals surface area contributed by atoms with Gasteiger partial charge >= 0.3 is 0 Å². The van der Waals surface area contributed by atoms with Gasteiger partial charge in [-0.15, -0.1) is 0 Å². The number of ether oxygens (including phenoxy) is 1. The summed E-state index contributed by atoms with van der Waals surface area (Å²) in [6.07, 6.45) is 1.03. The summed E-state index contributed by atoms with van der Waals surface area (Å²) in [6, 6.07) is 15.4. The maximum Gasteiger partial charge on any atom is 0.124 e. The smallest absolute Gasteiger partial charge is 0.124 e. The fourth-order valence-electron chi connectivity index (χ4n) is 2.70. The van der Waals surface area contributed by atoms with Gasteiger partial charge in [-0.2, -0.15) is 0 Å². The number of aryl methyl sites for hydroxylation is 2. The van der Waals surface area contributed by atoms with Crippen molar-refractivity contribution >= 4 is 0 Å². The third-order valence-electron chi connectivity index (χ3n) is 4.06. The summed E-state index contributed by atoms with van der Waals surface area (Å²) >= 11 is 0. The van der Waals surface area contributed by atoms with Crippen molar-refractivity contribution < 1.29 is 4.74 Å². The largest absolute Gasteiger partial charge is 0.493 e. The van der Waals surface area contributed by atoms with Crippen molar-refractivity contribution in [1.82, 2.24) is 5.32 Å². The Kier molecular flexibility index (Phi) is 3.75. The fraction of sp³-hybridized carbons (Fsp3) is 0.333. The second-order valence-electron chi connectivity index (χ2n) is 5.53. The van der Waals surface area contributed by atoms with E-state index in [0.29, 0.717) is 6.04 Å². The molecule has 1 heterocycles. The van der Waals surface area contributed by atoms with Crippen LogP contribution in [-0.4, -0.2) is 6.61 Å². The van der Waals surface area contributed by atoms with Crippen molar-refractivity contribution in [3.63, 3.8) is 0 Å². The van der Waals surface area contributed by atoms with Gasteiger partial charge in [-0.05, 0) is 36.6 Å². The average Bonchev–Trinajstić information content (AvgIpc) is 2.47. The number of fused-ring (bicyclic) bond motifs is 1. The lowest BCUT2D eigenvalue weighted by atomic mass is 9.96. The summed E-state index contributed by atoms with van der Waals surface area (Å²) in [5.74, 6) is 1.05. The minimum Gasteiger partial charge on any atom is -0.493 e. The van der Waals surface area contributed by atoms with Crippen LogP contribution in [-0.2, 0) is 6.54 Å². The lowest BCUT2D eigenvalue weighted by Crippen LogP contribution is -2.27. The van der Waals surface area contributed by atoms with E-state index in [1.165, 1.54) is 22.3 Å². The van der Waals surface area contributed by atoms with Crippen molar-refractivity contribution in [1.29, 1.82) is 0 Å². The molecule has 1 unspecified atom stereocenters. The quantitative estimate of drug-likeness (QED) is 0.910. The first kappa shape index (κ1) is 13.2. The number of hydrogen-bond donors (Lipinski definition) is 1. The first-order valence-corrected chi connectivity index (χ1v) is 7.25. The van der Waals surface area contributed by atoms with Gasteiger partial charge in [0.05, 0.1) is 6.61 Å². The molecule has 20 heavy (non-hydrogen) atoms. The van der Waals surface area contributed by atoms with Gasteiger partial charge in [-0.1, -0.05) is 36.4 Å². The molecule has 1 atom stereocenters. The van der Waals surface area contributed by atoms with Gasteiger partial charge in [-0.3, -0.25) is 0 Å². The molecular formula is C18H21NO. The normalized spacial score (nSPS) is 17.4. The summed E-state index contributed by atoms with van der Waals surface area (Å²) in [5, 5.41) is 3.66. The maximum atomic E-state index is 5.80. The minimum atomic E-state index is 0.387. The fourth-order valence-corrected chi connectivity index (χ4v) is 2.70. The van der Waals surface area contributed by atoms with Crippen LogP contribution in [0.4, 0.5) is 0 Å². The van der Waals surface area contributed by atoms with Gasteiger partial charge in [0.1, 0.15) is 5.75 Å². The Hall–Kier alpha value is -1.80. The molecule has 0 radical (unpaired) electrons. The second-order valence-corrected chi connectivity index (χ2v) is 5.53. The molecule has 3 rings (SSSR count). The topological polar surface area (TPSA) is 21.3 Å². The summed E-state index contributed by atoms with van der Waals surface area (Å²) in [4.78, 5) is 0. The summed E-state index contributed by atoms with van der Waals surface area (Å²) in [7, 11) is 0. The van der Waals surface area contributed by atoms with Crippen LogP contribution in [0.3, 0.4) is 0 Å². The maximum absolute atomic E-state index is 5.80. The highest BCUT2D eigenvalue weighted by atomic mass is 16.5. The Morgan fingerprint density at radius 3 is 2.65 bits per heavy atom. The van der Waals surface area contributed by atoms with Crippen molar-refractivity contribution in [3.05, 3.63) is 64.7 Å². The van der Waals surface area contributed by atoms with E-state index in [2.05, 4.69) is 61.6 Å². The average molecular weight is 267 g/mol. The Labute approximate surface area is 120 Å². The van der Waals surface area contributed by atoms with Crippen molar-refractivity contribution in [3.8, 4) is 5.75 Å². The highest BCUT2D eigenvalue weighted by Crippen LogP contribution is 2.34. The van der Waals surface area contributed by atoms with Crippen LogP contribution in [0.15, 0.2) is 42.5 Å². The van der Waals surface area contributed by atoms with Gasteiger partial charge in [0.15, 0.2) is 0 Å². The first-order chi connectivity index (χ1) is 9.74. The molecule has 2 aromatic carbocycles. The van der Waals surface area contributed by atoms with E-state index in [-0.39, 0.29) is 0 Å². The molecule has 0 saturated carbocycles. The Balaban J connectivity index is 1.78. The van der Waals surface area contributed by atoms with Gasteiger partial charge in [0.25, 0.3) is 0 Å². The molecule has 0 saturated heterocycles. The lowest BCUT2D eigenvalue weighted by Gasteiger charge is -2.28. The van der Waals surface area contributed by atoms with Crippen molar-refractivity contribution in [2.24, 2.45) is 0 Å². The molecular weight excluding hydrogens is 246 g/mol. The molecule has 0 aliphatic carbocycles. The number of benzene rings is 2. The summed E-state index contributed by atoms with van der Waals surface area (Å²) < 4.78 is 5.80. The molecule has 0 bridgehead atoms. The summed E-state index contributed by atoms with van der Waals surface area (Å²) in [6.45, 7) is 6.00. The van der Waals surface area contributed by atoms with E-state index in [0.717, 1.165) is 25.3 Å². The zero-order chi connectivity index (χ0) is 13.9. The molecule has 0 spiro atoms. The SMILES string of the molecule is Cc1cc2c(cc1C)C(NCc1ccccc1)CCO2. The second kappa shape index (κ2) is 5.68. The molecule has 2 nitrogen and oxygen atoms in total. The van der Waals surface area contributed by atoms with Crippen LogP contribution in [0.2, 0.25) is 0 Å². The first-order valence-electron chi connectivity index (χ1n) is 7.25. The van der Waals surface area contributed by atoms with Crippen LogP contribution in [0.25, 0.3) is 0 Å². The standard InChI is InChI=1S/C18H21NO/c1-13-10-16-17(8-9-20-18(16)11-14(13)2)19-12-15-6-4-3-5-7-15/h3-7,10-11,17,19H,8-9,12H2,1-2H3. The summed E-state index contributed by atoms with van der Waals surface area (Å²) in [5.41, 5.74) is 5.26. The molecule has 2 heteroatoms. The van der Waals surface area contributed by atoms with Crippen molar-refractivity contribution in [2.45, 2.75) is 32.9 Å². The van der Waals surface area contributed by atoms with Crippen LogP contribution < -0.4 is 10.1 Å². The van der Waals surface area contributed by atoms with Gasteiger partial charge in [0.2, 0.25) is 0 Å². The predicted octanol–water partition coefficient (Wildman–Crippen LogP) is 3.92. The predicted molar refractivity (Wildman–Crippen MR) is 82.1 cm³/mol. The zero-order valence-corrected chi connectivity index (χ0v) is 12.1. The third-order valence-corrected chi connectivity index (χ3v) is 4.06.